The number of aliphatic imine (C=N–C) groups is 1. The van der Waals surface area contributed by atoms with Gasteiger partial charge in [0.2, 0.25) is 0 Å². The lowest BCUT2D eigenvalue weighted by molar-refractivity contribution is 0.414. The van der Waals surface area contributed by atoms with E-state index in [1.807, 2.05) is 47.0 Å². The van der Waals surface area contributed by atoms with Crippen LogP contribution < -0.4 is 15.4 Å². The van der Waals surface area contributed by atoms with Gasteiger partial charge in [0.15, 0.2) is 5.96 Å². The summed E-state index contributed by atoms with van der Waals surface area (Å²) >= 11 is 0. The van der Waals surface area contributed by atoms with Crippen molar-refractivity contribution in [2.45, 2.75) is 13.0 Å². The Hall–Kier alpha value is -2.29. The number of aromatic nitrogens is 2. The van der Waals surface area contributed by atoms with E-state index in [0.717, 1.165) is 41.6 Å². The van der Waals surface area contributed by atoms with Crippen molar-refractivity contribution in [1.82, 2.24) is 20.0 Å². The van der Waals surface area contributed by atoms with E-state index < -0.39 is 0 Å². The van der Waals surface area contributed by atoms with E-state index >= 15 is 0 Å². The Morgan fingerprint density at radius 3 is 2.85 bits per heavy atom. The fraction of sp³-hybridized carbons (Fsp3) is 0.263. The molecule has 0 aliphatic carbocycles. The van der Waals surface area contributed by atoms with Gasteiger partial charge >= 0.3 is 0 Å². The summed E-state index contributed by atoms with van der Waals surface area (Å²) in [5.74, 6) is 1.63. The monoisotopic (exact) mass is 465 g/mol. The van der Waals surface area contributed by atoms with Gasteiger partial charge in [0.25, 0.3) is 0 Å². The molecule has 0 spiro atoms. The molecule has 0 radical (unpaired) electrons. The van der Waals surface area contributed by atoms with Gasteiger partial charge in [0, 0.05) is 39.0 Å². The number of rotatable bonds is 6. The lowest BCUT2D eigenvalue weighted by Crippen LogP contribution is -2.37. The summed E-state index contributed by atoms with van der Waals surface area (Å²) in [5, 5.41) is 6.63. The Bertz CT molecular complexity index is 829. The van der Waals surface area contributed by atoms with Gasteiger partial charge in [-0.05, 0) is 29.8 Å². The molecule has 0 saturated heterocycles. The number of nitrogens with one attached hydrogen (secondary N) is 2. The molecule has 7 heteroatoms. The SMILES string of the molecule is CN=C(NCCc1cn2ccccc2n1)NCc1cccc(OC)c1.I. The van der Waals surface area contributed by atoms with Crippen LogP contribution in [0, 0.1) is 0 Å². The number of benzene rings is 1. The zero-order chi connectivity index (χ0) is 17.5. The van der Waals surface area contributed by atoms with Gasteiger partial charge in [0.1, 0.15) is 11.4 Å². The third-order valence-corrected chi connectivity index (χ3v) is 3.91. The van der Waals surface area contributed by atoms with Crippen LogP contribution in [0.4, 0.5) is 0 Å². The number of nitrogens with zero attached hydrogens (tertiary/aromatic N) is 3. The van der Waals surface area contributed by atoms with Gasteiger partial charge in [-0.1, -0.05) is 18.2 Å². The molecule has 0 bridgehead atoms. The van der Waals surface area contributed by atoms with Crippen LogP contribution in [-0.2, 0) is 13.0 Å². The molecule has 0 fully saturated rings. The van der Waals surface area contributed by atoms with Crippen LogP contribution in [0.2, 0.25) is 0 Å². The Kier molecular flexibility index (Phi) is 7.71. The highest BCUT2D eigenvalue weighted by Crippen LogP contribution is 2.12. The minimum Gasteiger partial charge on any atom is -0.497 e. The highest BCUT2D eigenvalue weighted by atomic mass is 127. The summed E-state index contributed by atoms with van der Waals surface area (Å²) in [6.07, 6.45) is 4.90. The molecule has 2 heterocycles. The van der Waals surface area contributed by atoms with Gasteiger partial charge in [-0.3, -0.25) is 4.99 Å². The number of halogens is 1. The normalized spacial score (nSPS) is 11.1. The fourth-order valence-corrected chi connectivity index (χ4v) is 2.61. The second kappa shape index (κ2) is 10.0. The van der Waals surface area contributed by atoms with Crippen LogP contribution in [0.1, 0.15) is 11.3 Å². The minimum atomic E-state index is 0. The van der Waals surface area contributed by atoms with Crippen molar-refractivity contribution in [1.29, 1.82) is 0 Å². The number of methoxy groups -OCH3 is 1. The minimum absolute atomic E-state index is 0. The summed E-state index contributed by atoms with van der Waals surface area (Å²) in [6.45, 7) is 1.45. The number of guanidine groups is 1. The van der Waals surface area contributed by atoms with E-state index in [1.165, 1.54) is 0 Å². The van der Waals surface area contributed by atoms with Gasteiger partial charge in [-0.15, -0.1) is 24.0 Å². The van der Waals surface area contributed by atoms with Crippen molar-refractivity contribution in [3.05, 3.63) is 66.1 Å². The number of hydrogen-bond acceptors (Lipinski definition) is 3. The Morgan fingerprint density at radius 1 is 1.19 bits per heavy atom. The topological polar surface area (TPSA) is 63.0 Å². The van der Waals surface area contributed by atoms with Gasteiger partial charge in [0.05, 0.1) is 12.8 Å². The fourth-order valence-electron chi connectivity index (χ4n) is 2.61. The molecular weight excluding hydrogens is 441 g/mol. The number of hydrogen-bond donors (Lipinski definition) is 2. The molecule has 0 aliphatic rings. The highest BCUT2D eigenvalue weighted by Gasteiger charge is 2.03. The third-order valence-electron chi connectivity index (χ3n) is 3.91. The molecule has 3 rings (SSSR count). The molecule has 0 unspecified atom stereocenters. The van der Waals surface area contributed by atoms with E-state index in [4.69, 9.17) is 4.74 Å². The molecular formula is C19H24IN5O. The quantitative estimate of drug-likeness (QED) is 0.334. The van der Waals surface area contributed by atoms with Crippen LogP contribution >= 0.6 is 24.0 Å². The maximum atomic E-state index is 5.24. The van der Waals surface area contributed by atoms with E-state index in [-0.39, 0.29) is 24.0 Å². The molecule has 0 aliphatic heterocycles. The number of ether oxygens (including phenoxy) is 1. The second-order valence-electron chi connectivity index (χ2n) is 5.65. The summed E-state index contributed by atoms with van der Waals surface area (Å²) < 4.78 is 7.28. The first kappa shape index (κ1) is 20.0. The van der Waals surface area contributed by atoms with Gasteiger partial charge < -0.3 is 19.8 Å². The zero-order valence-electron chi connectivity index (χ0n) is 15.0. The van der Waals surface area contributed by atoms with Crippen LogP contribution in [-0.4, -0.2) is 36.0 Å². The van der Waals surface area contributed by atoms with Gasteiger partial charge in [-0.25, -0.2) is 4.98 Å². The molecule has 0 saturated carbocycles. The van der Waals surface area contributed by atoms with Crippen LogP contribution in [0.15, 0.2) is 59.9 Å². The molecule has 26 heavy (non-hydrogen) atoms. The molecule has 1 aromatic carbocycles. The van der Waals surface area contributed by atoms with Crippen LogP contribution in [0.25, 0.3) is 5.65 Å². The van der Waals surface area contributed by atoms with Crippen LogP contribution in [0.3, 0.4) is 0 Å². The first-order valence-electron chi connectivity index (χ1n) is 8.28. The van der Waals surface area contributed by atoms with Crippen molar-refractivity contribution in [2.75, 3.05) is 20.7 Å². The standard InChI is InChI=1S/C19H23N5O.HI/c1-20-19(22-13-15-6-5-7-17(12-15)25-2)21-10-9-16-14-24-11-4-3-8-18(24)23-16;/h3-8,11-12,14H,9-10,13H2,1-2H3,(H2,20,21,22);1H. The molecule has 0 atom stereocenters. The lowest BCUT2D eigenvalue weighted by Gasteiger charge is -2.12. The first-order valence-corrected chi connectivity index (χ1v) is 8.28. The lowest BCUT2D eigenvalue weighted by atomic mass is 10.2. The summed E-state index contributed by atoms with van der Waals surface area (Å²) in [5.41, 5.74) is 3.17. The largest absolute Gasteiger partial charge is 0.497 e. The third kappa shape index (κ3) is 5.35. The molecule has 2 aromatic heterocycles. The Labute approximate surface area is 170 Å². The number of fused-ring (bicyclic) bond motifs is 1. The smallest absolute Gasteiger partial charge is 0.191 e. The summed E-state index contributed by atoms with van der Waals surface area (Å²) in [6, 6.07) is 14.0. The molecule has 6 nitrogen and oxygen atoms in total. The molecule has 2 N–H and O–H groups in total. The van der Waals surface area contributed by atoms with Gasteiger partial charge in [-0.2, -0.15) is 0 Å². The zero-order valence-corrected chi connectivity index (χ0v) is 17.3. The Balaban J connectivity index is 0.00000243. The van der Waals surface area contributed by atoms with Crippen molar-refractivity contribution in [3.63, 3.8) is 0 Å². The maximum absolute atomic E-state index is 5.24. The molecule has 138 valence electrons. The predicted molar refractivity (Wildman–Crippen MR) is 116 cm³/mol. The number of imidazole rings is 1. The second-order valence-corrected chi connectivity index (χ2v) is 5.65. The molecule has 0 amide bonds. The van der Waals surface area contributed by atoms with Crippen molar-refractivity contribution < 1.29 is 4.74 Å². The highest BCUT2D eigenvalue weighted by molar-refractivity contribution is 14.0. The van der Waals surface area contributed by atoms with Crippen LogP contribution in [0.5, 0.6) is 5.75 Å². The van der Waals surface area contributed by atoms with E-state index in [2.05, 4.69) is 32.9 Å². The first-order chi connectivity index (χ1) is 12.3. The molecule has 3 aromatic rings. The summed E-state index contributed by atoms with van der Waals surface area (Å²) in [7, 11) is 3.44. The van der Waals surface area contributed by atoms with E-state index in [9.17, 15) is 0 Å². The van der Waals surface area contributed by atoms with E-state index in [1.54, 1.807) is 14.2 Å². The van der Waals surface area contributed by atoms with Crippen molar-refractivity contribution in [2.24, 2.45) is 4.99 Å². The maximum Gasteiger partial charge on any atom is 0.191 e. The summed E-state index contributed by atoms with van der Waals surface area (Å²) in [4.78, 5) is 8.85. The average Bonchev–Trinajstić information content (AvgIpc) is 3.07. The average molecular weight is 465 g/mol. The Morgan fingerprint density at radius 2 is 2.08 bits per heavy atom. The van der Waals surface area contributed by atoms with E-state index in [0.29, 0.717) is 6.54 Å². The predicted octanol–water partition coefficient (Wildman–Crippen LogP) is 2.87. The van der Waals surface area contributed by atoms with Crippen molar-refractivity contribution >= 4 is 35.6 Å². The number of pyridine rings is 1. The van der Waals surface area contributed by atoms with Crippen molar-refractivity contribution in [3.8, 4) is 5.75 Å².